The van der Waals surface area contributed by atoms with Crippen LogP contribution in [-0.2, 0) is 0 Å². The van der Waals surface area contributed by atoms with Gasteiger partial charge in [-0.3, -0.25) is 4.79 Å². The maximum Gasteiger partial charge on any atom is 0.258 e. The van der Waals surface area contributed by atoms with E-state index < -0.39 is 0 Å². The summed E-state index contributed by atoms with van der Waals surface area (Å²) >= 11 is 3.45. The van der Waals surface area contributed by atoms with Gasteiger partial charge in [-0.25, -0.2) is 9.97 Å². The van der Waals surface area contributed by atoms with E-state index >= 15 is 0 Å². The molecule has 5 heteroatoms. The molecule has 4 nitrogen and oxygen atoms in total. The fraction of sp³-hybridized carbons (Fsp3) is 0.0556. The van der Waals surface area contributed by atoms with Crippen molar-refractivity contribution in [2.45, 2.75) is 6.92 Å². The molecule has 1 N–H and O–H groups in total. The molecule has 0 fully saturated rings. The molecule has 0 unspecified atom stereocenters. The zero-order valence-corrected chi connectivity index (χ0v) is 14.0. The minimum absolute atomic E-state index is 0.236. The first-order chi connectivity index (χ1) is 11.1. The van der Waals surface area contributed by atoms with Gasteiger partial charge in [0.1, 0.15) is 0 Å². The summed E-state index contributed by atoms with van der Waals surface area (Å²) in [6.45, 7) is 1.99. The van der Waals surface area contributed by atoms with Crippen molar-refractivity contribution in [3.05, 3.63) is 76.5 Å². The van der Waals surface area contributed by atoms with E-state index in [9.17, 15) is 4.79 Å². The summed E-state index contributed by atoms with van der Waals surface area (Å²) < 4.78 is 0.950. The number of halogens is 1. The molecule has 3 rings (SSSR count). The van der Waals surface area contributed by atoms with Crippen LogP contribution in [0.4, 0.5) is 5.69 Å². The summed E-state index contributed by atoms with van der Waals surface area (Å²) in [5.74, 6) is 0.362. The van der Waals surface area contributed by atoms with Crippen LogP contribution >= 0.6 is 15.9 Å². The number of aryl methyl sites for hydroxylation is 1. The summed E-state index contributed by atoms with van der Waals surface area (Å²) in [5, 5.41) is 2.84. The number of nitrogens with zero attached hydrogens (tertiary/aromatic N) is 2. The molecule has 0 radical (unpaired) electrons. The Morgan fingerprint density at radius 3 is 2.39 bits per heavy atom. The van der Waals surface area contributed by atoms with Crippen LogP contribution in [0.15, 0.2) is 65.4 Å². The number of hydrogen-bond acceptors (Lipinski definition) is 3. The Bertz CT molecular complexity index is 833. The SMILES string of the molecule is Cc1ccc(NC(=O)c2cnc(-c3ccccc3)nc2)cc1Br. The van der Waals surface area contributed by atoms with Crippen molar-refractivity contribution in [1.82, 2.24) is 9.97 Å². The van der Waals surface area contributed by atoms with Gasteiger partial charge in [-0.15, -0.1) is 0 Å². The largest absolute Gasteiger partial charge is 0.322 e. The van der Waals surface area contributed by atoms with Crippen molar-refractivity contribution in [3.8, 4) is 11.4 Å². The first-order valence-electron chi connectivity index (χ1n) is 7.08. The maximum absolute atomic E-state index is 12.3. The second kappa shape index (κ2) is 6.71. The van der Waals surface area contributed by atoms with Crippen LogP contribution in [0.2, 0.25) is 0 Å². The van der Waals surface area contributed by atoms with Crippen molar-refractivity contribution in [2.24, 2.45) is 0 Å². The van der Waals surface area contributed by atoms with Crippen molar-refractivity contribution in [2.75, 3.05) is 5.32 Å². The predicted octanol–water partition coefficient (Wildman–Crippen LogP) is 4.47. The van der Waals surface area contributed by atoms with Gasteiger partial charge in [-0.2, -0.15) is 0 Å². The van der Waals surface area contributed by atoms with Crippen molar-refractivity contribution in [3.63, 3.8) is 0 Å². The first kappa shape index (κ1) is 15.4. The normalized spacial score (nSPS) is 10.3. The molecular weight excluding hydrogens is 354 g/mol. The van der Waals surface area contributed by atoms with Gasteiger partial charge < -0.3 is 5.32 Å². The van der Waals surface area contributed by atoms with Gasteiger partial charge in [-0.05, 0) is 24.6 Å². The Morgan fingerprint density at radius 1 is 1.04 bits per heavy atom. The number of anilines is 1. The molecule has 0 spiro atoms. The fourth-order valence-corrected chi connectivity index (χ4v) is 2.43. The van der Waals surface area contributed by atoms with E-state index in [2.05, 4.69) is 31.2 Å². The Labute approximate surface area is 142 Å². The van der Waals surface area contributed by atoms with E-state index in [1.54, 1.807) is 0 Å². The predicted molar refractivity (Wildman–Crippen MR) is 94.3 cm³/mol. The van der Waals surface area contributed by atoms with Crippen LogP contribution in [0.25, 0.3) is 11.4 Å². The molecule has 1 aromatic heterocycles. The average Bonchev–Trinajstić information content (AvgIpc) is 2.59. The lowest BCUT2D eigenvalue weighted by Crippen LogP contribution is -2.12. The van der Waals surface area contributed by atoms with Gasteiger partial charge >= 0.3 is 0 Å². The number of benzene rings is 2. The van der Waals surface area contributed by atoms with Gasteiger partial charge in [0.2, 0.25) is 0 Å². The fourth-order valence-electron chi connectivity index (χ4n) is 2.06. The molecule has 2 aromatic carbocycles. The minimum atomic E-state index is -0.236. The number of amides is 1. The molecule has 0 aliphatic rings. The van der Waals surface area contributed by atoms with E-state index in [-0.39, 0.29) is 5.91 Å². The number of nitrogens with one attached hydrogen (secondary N) is 1. The number of hydrogen-bond donors (Lipinski definition) is 1. The summed E-state index contributed by atoms with van der Waals surface area (Å²) in [6, 6.07) is 15.3. The standard InChI is InChI=1S/C18H14BrN3O/c1-12-7-8-15(9-16(12)19)22-18(23)14-10-20-17(21-11-14)13-5-3-2-4-6-13/h2-11H,1H3,(H,22,23). The molecule has 0 aliphatic heterocycles. The third-order valence-electron chi connectivity index (χ3n) is 3.38. The second-order valence-corrected chi connectivity index (χ2v) is 5.93. The van der Waals surface area contributed by atoms with E-state index in [1.807, 2.05) is 55.5 Å². The number of carbonyl (C=O) groups excluding carboxylic acids is 1. The third kappa shape index (κ3) is 3.63. The summed E-state index contributed by atoms with van der Waals surface area (Å²) in [7, 11) is 0. The Kier molecular flexibility index (Phi) is 4.48. The van der Waals surface area contributed by atoms with Gasteiger partial charge in [0.05, 0.1) is 5.56 Å². The molecule has 0 atom stereocenters. The van der Waals surface area contributed by atoms with Crippen LogP contribution in [-0.4, -0.2) is 15.9 Å². The lowest BCUT2D eigenvalue weighted by molar-refractivity contribution is 0.102. The highest BCUT2D eigenvalue weighted by Crippen LogP contribution is 2.21. The number of aromatic nitrogens is 2. The lowest BCUT2D eigenvalue weighted by atomic mass is 10.2. The zero-order valence-electron chi connectivity index (χ0n) is 12.5. The maximum atomic E-state index is 12.3. The molecule has 0 aliphatic carbocycles. The van der Waals surface area contributed by atoms with Crippen LogP contribution in [0.1, 0.15) is 15.9 Å². The Balaban J connectivity index is 1.76. The van der Waals surface area contributed by atoms with E-state index in [4.69, 9.17) is 0 Å². The smallest absolute Gasteiger partial charge is 0.258 e. The van der Waals surface area contributed by atoms with Gasteiger partial charge in [0.15, 0.2) is 5.82 Å². The zero-order chi connectivity index (χ0) is 16.2. The van der Waals surface area contributed by atoms with Crippen molar-refractivity contribution in [1.29, 1.82) is 0 Å². The van der Waals surface area contributed by atoms with Crippen molar-refractivity contribution >= 4 is 27.5 Å². The van der Waals surface area contributed by atoms with Crippen LogP contribution < -0.4 is 5.32 Å². The minimum Gasteiger partial charge on any atom is -0.322 e. The molecule has 23 heavy (non-hydrogen) atoms. The first-order valence-corrected chi connectivity index (χ1v) is 7.88. The molecule has 0 saturated heterocycles. The topological polar surface area (TPSA) is 54.9 Å². The van der Waals surface area contributed by atoms with Crippen LogP contribution in [0.5, 0.6) is 0 Å². The molecule has 0 bridgehead atoms. The Hall–Kier alpha value is -2.53. The molecule has 0 saturated carbocycles. The highest BCUT2D eigenvalue weighted by Gasteiger charge is 2.09. The number of rotatable bonds is 3. The van der Waals surface area contributed by atoms with Gasteiger partial charge in [-0.1, -0.05) is 52.3 Å². The van der Waals surface area contributed by atoms with Gasteiger partial charge in [0.25, 0.3) is 5.91 Å². The summed E-state index contributed by atoms with van der Waals surface area (Å²) in [5.41, 5.74) is 3.17. The Morgan fingerprint density at radius 2 is 1.74 bits per heavy atom. The highest BCUT2D eigenvalue weighted by molar-refractivity contribution is 9.10. The van der Waals surface area contributed by atoms with E-state index in [1.165, 1.54) is 12.4 Å². The second-order valence-electron chi connectivity index (χ2n) is 5.08. The molecule has 114 valence electrons. The summed E-state index contributed by atoms with van der Waals surface area (Å²) in [4.78, 5) is 20.8. The monoisotopic (exact) mass is 367 g/mol. The molecule has 1 heterocycles. The van der Waals surface area contributed by atoms with Crippen molar-refractivity contribution < 1.29 is 4.79 Å². The molecular formula is C18H14BrN3O. The van der Waals surface area contributed by atoms with Crippen LogP contribution in [0.3, 0.4) is 0 Å². The van der Waals surface area contributed by atoms with E-state index in [0.29, 0.717) is 11.4 Å². The molecule has 3 aromatic rings. The van der Waals surface area contributed by atoms with Gasteiger partial charge in [0, 0.05) is 28.1 Å². The van der Waals surface area contributed by atoms with E-state index in [0.717, 1.165) is 21.3 Å². The number of carbonyl (C=O) groups is 1. The lowest BCUT2D eigenvalue weighted by Gasteiger charge is -2.07. The highest BCUT2D eigenvalue weighted by atomic mass is 79.9. The third-order valence-corrected chi connectivity index (χ3v) is 4.23. The van der Waals surface area contributed by atoms with Crippen LogP contribution in [0, 0.1) is 6.92 Å². The quantitative estimate of drug-likeness (QED) is 0.742. The molecule has 1 amide bonds. The summed E-state index contributed by atoms with van der Waals surface area (Å²) in [6.07, 6.45) is 3.07. The average molecular weight is 368 g/mol.